The van der Waals surface area contributed by atoms with E-state index in [0.717, 1.165) is 14.5 Å². The van der Waals surface area contributed by atoms with E-state index in [4.69, 9.17) is 4.74 Å². The second-order valence-electron chi connectivity index (χ2n) is 3.83. The molecule has 0 aliphatic rings. The lowest BCUT2D eigenvalue weighted by molar-refractivity contribution is 0.132. The van der Waals surface area contributed by atoms with Crippen molar-refractivity contribution in [2.75, 3.05) is 0 Å². The molecule has 0 N–H and O–H groups in total. The molecule has 0 aliphatic carbocycles. The molecule has 69 valence electrons. The van der Waals surface area contributed by atoms with Gasteiger partial charge in [-0.2, -0.15) is 0 Å². The summed E-state index contributed by atoms with van der Waals surface area (Å²) in [7, 11) is 3.55. The summed E-state index contributed by atoms with van der Waals surface area (Å²) in [6, 6.07) is 6.00. The molecular formula is C10H12IOSi. The maximum Gasteiger partial charge on any atom is 0.119 e. The number of benzene rings is 1. The van der Waals surface area contributed by atoms with Crippen LogP contribution in [0.15, 0.2) is 18.2 Å². The van der Waals surface area contributed by atoms with E-state index < -0.39 is 0 Å². The Hall–Kier alpha value is -0.0331. The molecule has 0 amide bonds. The zero-order chi connectivity index (χ0) is 10.1. The first kappa shape index (κ1) is 11.0. The SMILES string of the molecule is CC(C)(C)Oc1cccc(I)c1[Si]. The Balaban J connectivity index is 2.96. The van der Waals surface area contributed by atoms with Crippen LogP contribution in [-0.2, 0) is 0 Å². The molecule has 0 atom stereocenters. The highest BCUT2D eigenvalue weighted by Gasteiger charge is 2.13. The lowest BCUT2D eigenvalue weighted by Crippen LogP contribution is -2.27. The Morgan fingerprint density at radius 2 is 1.92 bits per heavy atom. The van der Waals surface area contributed by atoms with Gasteiger partial charge in [0.2, 0.25) is 0 Å². The van der Waals surface area contributed by atoms with Crippen molar-refractivity contribution >= 4 is 38.0 Å². The highest BCUT2D eigenvalue weighted by atomic mass is 127. The fourth-order valence-corrected chi connectivity index (χ4v) is 1.61. The summed E-state index contributed by atoms with van der Waals surface area (Å²) in [5.74, 6) is 0.899. The van der Waals surface area contributed by atoms with E-state index in [-0.39, 0.29) is 5.60 Å². The zero-order valence-corrected chi connectivity index (χ0v) is 11.2. The minimum absolute atomic E-state index is 0.147. The van der Waals surface area contributed by atoms with E-state index in [1.807, 2.05) is 39.0 Å². The number of hydrogen-bond donors (Lipinski definition) is 0. The minimum Gasteiger partial charge on any atom is -0.488 e. The van der Waals surface area contributed by atoms with E-state index in [2.05, 4.69) is 32.8 Å². The molecule has 1 aromatic carbocycles. The third-order valence-electron chi connectivity index (χ3n) is 1.39. The maximum atomic E-state index is 5.76. The molecular weight excluding hydrogens is 291 g/mol. The number of halogens is 1. The average Bonchev–Trinajstić information content (AvgIpc) is 1.96. The van der Waals surface area contributed by atoms with Crippen LogP contribution >= 0.6 is 22.6 Å². The van der Waals surface area contributed by atoms with E-state index in [0.29, 0.717) is 0 Å². The van der Waals surface area contributed by atoms with Crippen molar-refractivity contribution < 1.29 is 4.74 Å². The van der Waals surface area contributed by atoms with E-state index in [1.54, 1.807) is 0 Å². The van der Waals surface area contributed by atoms with Crippen LogP contribution in [0.5, 0.6) is 5.75 Å². The Morgan fingerprint density at radius 1 is 1.31 bits per heavy atom. The van der Waals surface area contributed by atoms with Crippen molar-refractivity contribution in [3.63, 3.8) is 0 Å². The summed E-state index contributed by atoms with van der Waals surface area (Å²) in [5, 5.41) is 1.03. The molecule has 1 rings (SSSR count). The van der Waals surface area contributed by atoms with Gasteiger partial charge in [0.15, 0.2) is 0 Å². The quantitative estimate of drug-likeness (QED) is 0.571. The normalized spacial score (nSPS) is 11.5. The lowest BCUT2D eigenvalue weighted by atomic mass is 10.2. The van der Waals surface area contributed by atoms with Gasteiger partial charge in [-0.1, -0.05) is 6.07 Å². The first-order valence-electron chi connectivity index (χ1n) is 4.09. The van der Waals surface area contributed by atoms with Crippen molar-refractivity contribution in [3.8, 4) is 5.75 Å². The second kappa shape index (κ2) is 4.00. The first-order valence-corrected chi connectivity index (χ1v) is 5.67. The van der Waals surface area contributed by atoms with Gasteiger partial charge in [0.05, 0.1) is 10.2 Å². The van der Waals surface area contributed by atoms with Crippen LogP contribution in [0.4, 0.5) is 0 Å². The predicted octanol–water partition coefficient (Wildman–Crippen LogP) is 2.26. The maximum absolute atomic E-state index is 5.76. The highest BCUT2D eigenvalue weighted by Crippen LogP contribution is 2.17. The van der Waals surface area contributed by atoms with Crippen molar-refractivity contribution in [3.05, 3.63) is 21.8 Å². The fraction of sp³-hybridized carbons (Fsp3) is 0.400. The Kier molecular flexibility index (Phi) is 3.40. The number of ether oxygens (including phenoxy) is 1. The summed E-state index contributed by atoms with van der Waals surface area (Å²) in [4.78, 5) is 0. The molecule has 0 aliphatic heterocycles. The standard InChI is InChI=1S/C10H12IOSi/c1-10(2,3)12-8-6-4-5-7(11)9(8)13/h4-6H,1-3H3. The monoisotopic (exact) mass is 303 g/mol. The summed E-state index contributed by atoms with van der Waals surface area (Å²) >= 11 is 2.27. The largest absolute Gasteiger partial charge is 0.488 e. The summed E-state index contributed by atoms with van der Waals surface area (Å²) < 4.78 is 6.92. The molecule has 0 heterocycles. The molecule has 0 bridgehead atoms. The molecule has 3 radical (unpaired) electrons. The van der Waals surface area contributed by atoms with Gasteiger partial charge in [-0.3, -0.25) is 0 Å². The zero-order valence-electron chi connectivity index (χ0n) is 8.02. The molecule has 0 unspecified atom stereocenters. The van der Waals surface area contributed by atoms with Crippen LogP contribution in [0.25, 0.3) is 0 Å². The summed E-state index contributed by atoms with van der Waals surface area (Å²) in [6.07, 6.45) is 0. The van der Waals surface area contributed by atoms with E-state index in [1.165, 1.54) is 0 Å². The van der Waals surface area contributed by atoms with Gasteiger partial charge in [0, 0.05) is 3.57 Å². The molecule has 1 aromatic rings. The topological polar surface area (TPSA) is 9.23 Å². The molecule has 0 aromatic heterocycles. The van der Waals surface area contributed by atoms with Crippen molar-refractivity contribution in [2.24, 2.45) is 0 Å². The van der Waals surface area contributed by atoms with Crippen LogP contribution in [0, 0.1) is 3.57 Å². The molecule has 0 spiro atoms. The number of rotatable bonds is 1. The van der Waals surface area contributed by atoms with Gasteiger partial charge < -0.3 is 4.74 Å². The van der Waals surface area contributed by atoms with E-state index >= 15 is 0 Å². The van der Waals surface area contributed by atoms with Gasteiger partial charge in [-0.15, -0.1) is 0 Å². The Bertz CT molecular complexity index is 304. The van der Waals surface area contributed by atoms with Gasteiger partial charge in [0.1, 0.15) is 11.4 Å². The van der Waals surface area contributed by atoms with Crippen LogP contribution in [0.2, 0.25) is 0 Å². The van der Waals surface area contributed by atoms with Gasteiger partial charge in [0.25, 0.3) is 0 Å². The van der Waals surface area contributed by atoms with Crippen LogP contribution in [-0.4, -0.2) is 15.8 Å². The molecule has 13 heavy (non-hydrogen) atoms. The summed E-state index contributed by atoms with van der Waals surface area (Å²) in [5.41, 5.74) is -0.147. The Labute approximate surface area is 96.4 Å². The fourth-order valence-electron chi connectivity index (χ4n) is 0.919. The summed E-state index contributed by atoms with van der Waals surface area (Å²) in [6.45, 7) is 6.12. The minimum atomic E-state index is -0.147. The van der Waals surface area contributed by atoms with Crippen molar-refractivity contribution in [1.29, 1.82) is 0 Å². The Morgan fingerprint density at radius 3 is 2.46 bits per heavy atom. The smallest absolute Gasteiger partial charge is 0.119 e. The second-order valence-corrected chi connectivity index (χ2v) is 5.49. The third kappa shape index (κ3) is 3.30. The first-order chi connectivity index (χ1) is 5.90. The third-order valence-corrected chi connectivity index (χ3v) is 3.32. The van der Waals surface area contributed by atoms with Gasteiger partial charge >= 0.3 is 0 Å². The van der Waals surface area contributed by atoms with Crippen LogP contribution in [0.3, 0.4) is 0 Å². The van der Waals surface area contributed by atoms with E-state index in [9.17, 15) is 0 Å². The number of hydrogen-bond acceptors (Lipinski definition) is 1. The molecule has 0 fully saturated rings. The van der Waals surface area contributed by atoms with Gasteiger partial charge in [-0.05, 0) is 60.7 Å². The molecule has 3 heteroatoms. The van der Waals surface area contributed by atoms with Crippen LogP contribution in [0.1, 0.15) is 20.8 Å². The van der Waals surface area contributed by atoms with Crippen molar-refractivity contribution in [2.45, 2.75) is 26.4 Å². The molecule has 0 saturated carbocycles. The molecule has 1 nitrogen and oxygen atoms in total. The van der Waals surface area contributed by atoms with Crippen LogP contribution < -0.4 is 9.92 Å². The predicted molar refractivity (Wildman–Crippen MR) is 64.9 cm³/mol. The molecule has 0 saturated heterocycles. The van der Waals surface area contributed by atoms with Gasteiger partial charge in [-0.25, -0.2) is 0 Å². The average molecular weight is 303 g/mol. The highest BCUT2D eigenvalue weighted by molar-refractivity contribution is 14.1. The van der Waals surface area contributed by atoms with Crippen molar-refractivity contribution in [1.82, 2.24) is 0 Å². The lowest BCUT2D eigenvalue weighted by Gasteiger charge is -2.22.